The van der Waals surface area contributed by atoms with E-state index in [4.69, 9.17) is 25.2 Å². The Balaban J connectivity index is 0.000000235. The van der Waals surface area contributed by atoms with Crippen molar-refractivity contribution < 1.29 is 19.1 Å². The van der Waals surface area contributed by atoms with Gasteiger partial charge in [-0.25, -0.2) is 19.9 Å². The number of aryl methyl sites for hydroxylation is 2. The van der Waals surface area contributed by atoms with Crippen molar-refractivity contribution in [3.63, 3.8) is 0 Å². The van der Waals surface area contributed by atoms with Gasteiger partial charge in [0, 0.05) is 149 Å². The molecule has 10 rings (SSSR count). The number of nitrogens with zero attached hydrogens (tertiary/aromatic N) is 10. The molecule has 84 heavy (non-hydrogen) atoms. The number of hydrogen-bond donors (Lipinski definition) is 1. The first-order chi connectivity index (χ1) is 39.8. The second kappa shape index (κ2) is 30.9. The largest absolute Gasteiger partial charge is 0.385 e. The molecule has 0 bridgehead atoms. The first kappa shape index (κ1) is 64.1. The Hall–Kier alpha value is -7.46. The lowest BCUT2D eigenvalue weighted by atomic mass is 9.93. The fraction of sp³-hybridized carbons (Fsp3) is 0.449. The van der Waals surface area contributed by atoms with E-state index < -0.39 is 0 Å². The molecule has 2 aliphatic rings. The molecule has 4 aromatic carbocycles. The van der Waals surface area contributed by atoms with Gasteiger partial charge in [-0.15, -0.1) is 0 Å². The molecule has 0 aliphatic carbocycles. The predicted molar refractivity (Wildman–Crippen MR) is 345 cm³/mol. The van der Waals surface area contributed by atoms with E-state index in [0.717, 1.165) is 152 Å². The van der Waals surface area contributed by atoms with Gasteiger partial charge in [-0.1, -0.05) is 94.6 Å². The minimum atomic E-state index is -0.228. The fourth-order valence-electron chi connectivity index (χ4n) is 11.8. The highest BCUT2D eigenvalue weighted by Gasteiger charge is 2.31. The van der Waals surface area contributed by atoms with Gasteiger partial charge in [0.1, 0.15) is 23.3 Å². The van der Waals surface area contributed by atoms with Crippen molar-refractivity contribution in [3.05, 3.63) is 156 Å². The Morgan fingerprint density at radius 2 is 0.988 bits per heavy atom. The van der Waals surface area contributed by atoms with E-state index >= 15 is 0 Å². The highest BCUT2D eigenvalue weighted by Crippen LogP contribution is 2.33. The lowest BCUT2D eigenvalue weighted by Crippen LogP contribution is -2.42. The maximum atomic E-state index is 13.4. The van der Waals surface area contributed by atoms with Gasteiger partial charge in [-0.2, -0.15) is 0 Å². The molecule has 15 heteroatoms. The number of piperidine rings is 2. The number of para-hydroxylation sites is 4. The Kier molecular flexibility index (Phi) is 23.6. The summed E-state index contributed by atoms with van der Waals surface area (Å²) in [4.78, 5) is 54.0. The molecule has 0 unspecified atom stereocenters. The van der Waals surface area contributed by atoms with Crippen LogP contribution in [0.2, 0.25) is 0 Å². The molecule has 2 N–H and O–H groups in total. The van der Waals surface area contributed by atoms with E-state index in [0.29, 0.717) is 32.4 Å². The number of rotatable bonds is 22. The Morgan fingerprint density at radius 1 is 0.571 bits per heavy atom. The molecule has 4 aromatic heterocycles. The van der Waals surface area contributed by atoms with Gasteiger partial charge in [0.15, 0.2) is 0 Å². The van der Waals surface area contributed by atoms with E-state index in [1.54, 1.807) is 14.2 Å². The molecule has 15 nitrogen and oxygen atoms in total. The summed E-state index contributed by atoms with van der Waals surface area (Å²) in [6.45, 7) is 8.40. The van der Waals surface area contributed by atoms with Crippen molar-refractivity contribution in [3.8, 4) is 22.3 Å². The number of likely N-dealkylation sites (tertiary alicyclic amines) is 2. The first-order valence-electron chi connectivity index (χ1n) is 29.5. The summed E-state index contributed by atoms with van der Waals surface area (Å²) < 4.78 is 15.3. The molecule has 2 fully saturated rings. The molecule has 2 aliphatic heterocycles. The highest BCUT2D eigenvalue weighted by molar-refractivity contribution is 5.79. The molecule has 448 valence electrons. The summed E-state index contributed by atoms with van der Waals surface area (Å²) >= 11 is 0. The third kappa shape index (κ3) is 16.5. The third-order valence-corrected chi connectivity index (χ3v) is 16.1. The molecule has 0 saturated carbocycles. The summed E-state index contributed by atoms with van der Waals surface area (Å²) in [7, 11) is 11.4. The normalized spacial score (nSPS) is 15.8. The number of ether oxygens (including phenoxy) is 2. The highest BCUT2D eigenvalue weighted by atomic mass is 16.5. The molecular weight excluding hydrogens is 1050 g/mol. The average Bonchev–Trinajstić information content (AvgIpc) is 3.75. The second-order valence-corrected chi connectivity index (χ2v) is 22.9. The van der Waals surface area contributed by atoms with E-state index in [1.807, 2.05) is 79.5 Å². The molecule has 6 heterocycles. The lowest BCUT2D eigenvalue weighted by molar-refractivity contribution is -0.133. The summed E-state index contributed by atoms with van der Waals surface area (Å²) in [6, 6.07) is 41.8. The van der Waals surface area contributed by atoms with Crippen molar-refractivity contribution in [1.82, 2.24) is 38.9 Å². The first-order valence-corrected chi connectivity index (χ1v) is 29.5. The van der Waals surface area contributed by atoms with Gasteiger partial charge in [-0.3, -0.25) is 9.59 Å². The summed E-state index contributed by atoms with van der Waals surface area (Å²) in [5.41, 5.74) is 17.7. The molecule has 2 saturated heterocycles. The van der Waals surface area contributed by atoms with E-state index in [-0.39, 0.29) is 50.5 Å². The van der Waals surface area contributed by atoms with Crippen LogP contribution < -0.4 is 15.5 Å². The van der Waals surface area contributed by atoms with Crippen molar-refractivity contribution in [2.45, 2.75) is 117 Å². The van der Waals surface area contributed by atoms with E-state index in [2.05, 4.69) is 128 Å². The maximum absolute atomic E-state index is 13.4. The van der Waals surface area contributed by atoms with Crippen molar-refractivity contribution in [2.24, 2.45) is 11.7 Å². The van der Waals surface area contributed by atoms with Gasteiger partial charge in [-0.05, 0) is 128 Å². The van der Waals surface area contributed by atoms with Crippen LogP contribution >= 0.6 is 0 Å². The van der Waals surface area contributed by atoms with Crippen LogP contribution in [-0.4, -0.2) is 139 Å². The van der Waals surface area contributed by atoms with Gasteiger partial charge in [0.05, 0.1) is 22.1 Å². The summed E-state index contributed by atoms with van der Waals surface area (Å²) in [6.07, 6.45) is 12.2. The number of benzene rings is 4. The summed E-state index contributed by atoms with van der Waals surface area (Å²) in [5.74, 6) is 5.20. The second-order valence-electron chi connectivity index (χ2n) is 22.9. The topological polar surface area (TPSA) is 153 Å². The zero-order valence-corrected chi connectivity index (χ0v) is 49.4. The number of methoxy groups -OCH3 is 2. The monoisotopic (exact) mass is 1140 g/mol. The van der Waals surface area contributed by atoms with E-state index in [1.165, 1.54) is 11.1 Å². The minimum Gasteiger partial charge on any atom is -0.385 e. The number of carbonyl (C=O) groups excluding carboxylic acids is 2. The number of amides is 2. The van der Waals surface area contributed by atoms with Crippen LogP contribution in [-0.2, 0) is 45.0 Å². The molecule has 2 amide bonds. The van der Waals surface area contributed by atoms with Crippen LogP contribution in [0, 0.1) is 5.92 Å². The van der Waals surface area contributed by atoms with Crippen LogP contribution in [0.15, 0.2) is 134 Å². The Morgan fingerprint density at radius 3 is 1.40 bits per heavy atom. The molecular formula is C69H93N11O4. The molecule has 0 spiro atoms. The van der Waals surface area contributed by atoms with Crippen molar-refractivity contribution in [1.29, 1.82) is 0 Å². The van der Waals surface area contributed by atoms with Crippen LogP contribution in [0.5, 0.6) is 0 Å². The Bertz CT molecular complexity index is 3080. The minimum absolute atomic E-state index is 0. The standard InChI is InChI=1S/C34H43N5O2.C33H42N6O2.2CH4/c1-25(21-26-12-14-27(15-13-26)28-16-17-32(35-23-28)37(2)3)22-33(40)38-18-7-9-29(24-38)34-36-30-10-5-6-11-31(30)39(34)19-8-20-41-4;1-37(2)31-16-15-26(22-35-31)25-13-11-24(12-14-25)20-28(34)21-32(40)38-17-6-8-27(23-38)33-36-29-9-4-5-10-30(29)39(33)18-7-19-41-3;;/h5-6,10-17,23,25,29H,7-9,18-22,24H2,1-4H3;4-5,9-16,22,27-28H,6-8,17-21,23,34H2,1-3H3;2*1H4/t25-,29-;27-,28-;;/m11../s1. The van der Waals surface area contributed by atoms with Crippen molar-refractivity contribution in [2.75, 3.05) is 91.6 Å². The van der Waals surface area contributed by atoms with Gasteiger partial charge < -0.3 is 43.9 Å². The van der Waals surface area contributed by atoms with Crippen LogP contribution in [0.3, 0.4) is 0 Å². The lowest BCUT2D eigenvalue weighted by Gasteiger charge is -2.33. The average molecular weight is 1140 g/mol. The van der Waals surface area contributed by atoms with Gasteiger partial charge >= 0.3 is 0 Å². The fourth-order valence-corrected chi connectivity index (χ4v) is 11.8. The Labute approximate surface area is 500 Å². The SMILES string of the molecule is C.C.COCCCn1c([C@@H]2CCCN(C(=O)C[C@H](C)Cc3ccc(-c4ccc(N(C)C)nc4)cc3)C2)nc2ccccc21.COCCCn1c([C@@H]2CCCN(C(=O)C[C@H](N)Cc3ccc(-c4ccc(N(C)C)nc4)cc3)C2)nc2ccccc21. The smallest absolute Gasteiger partial charge is 0.224 e. The molecule has 4 atom stereocenters. The number of anilines is 2. The number of pyridine rings is 2. The number of hydrogen-bond acceptors (Lipinski definition) is 11. The van der Waals surface area contributed by atoms with Gasteiger partial charge in [0.2, 0.25) is 11.8 Å². The third-order valence-electron chi connectivity index (χ3n) is 16.1. The number of carbonyl (C=O) groups is 2. The number of aromatic nitrogens is 6. The number of nitrogens with two attached hydrogens (primary N) is 1. The number of fused-ring (bicyclic) bond motifs is 2. The zero-order chi connectivity index (χ0) is 57.5. The van der Waals surface area contributed by atoms with Gasteiger partial charge in [0.25, 0.3) is 0 Å². The summed E-state index contributed by atoms with van der Waals surface area (Å²) in [5, 5.41) is 0. The quantitative estimate of drug-likeness (QED) is 0.0645. The predicted octanol–water partition coefficient (Wildman–Crippen LogP) is 12.3. The van der Waals surface area contributed by atoms with Crippen LogP contribution in [0.1, 0.15) is 108 Å². The zero-order valence-electron chi connectivity index (χ0n) is 49.4. The van der Waals surface area contributed by atoms with Crippen LogP contribution in [0.4, 0.5) is 11.6 Å². The maximum Gasteiger partial charge on any atom is 0.224 e. The van der Waals surface area contributed by atoms with E-state index in [9.17, 15) is 9.59 Å². The number of imidazole rings is 2. The van der Waals surface area contributed by atoms with Crippen LogP contribution in [0.25, 0.3) is 44.3 Å². The molecule has 8 aromatic rings. The van der Waals surface area contributed by atoms with Crippen molar-refractivity contribution >= 4 is 45.5 Å². The molecule has 0 radical (unpaired) electrons.